The standard InChI is InChI=1S/C32H54O4/c1-22-25(20-26(33)21-29(22)34)14-13-24-12-9-19-32(6)27(15-16-28(24)32)23(10-7-17-30(2,3)35)11-8-18-31(4,5)36/h13-14,23,26-29,33-36H,1,7-12,15-21H2,2-6H3/b24-13+,25-14+/t26-,27?,28?,29+,32-/m1/s1. The Balaban J connectivity index is 1.77. The summed E-state index contributed by atoms with van der Waals surface area (Å²) in [6.07, 6.45) is 16.5. The highest BCUT2D eigenvalue weighted by molar-refractivity contribution is 5.38. The minimum Gasteiger partial charge on any atom is -0.393 e. The zero-order valence-corrected chi connectivity index (χ0v) is 23.7. The van der Waals surface area contributed by atoms with Crippen LogP contribution in [0.1, 0.15) is 118 Å². The number of fused-ring (bicyclic) bond motifs is 1. The highest BCUT2D eigenvalue weighted by atomic mass is 16.3. The Morgan fingerprint density at radius 2 is 1.61 bits per heavy atom. The topological polar surface area (TPSA) is 80.9 Å². The van der Waals surface area contributed by atoms with Gasteiger partial charge in [0.15, 0.2) is 0 Å². The fourth-order valence-electron chi connectivity index (χ4n) is 7.66. The summed E-state index contributed by atoms with van der Waals surface area (Å²) < 4.78 is 0. The van der Waals surface area contributed by atoms with Crippen LogP contribution >= 0.6 is 0 Å². The zero-order valence-electron chi connectivity index (χ0n) is 23.7. The van der Waals surface area contributed by atoms with E-state index in [-0.39, 0.29) is 0 Å². The Morgan fingerprint density at radius 1 is 1.00 bits per heavy atom. The molecule has 3 rings (SSSR count). The van der Waals surface area contributed by atoms with Crippen molar-refractivity contribution >= 4 is 0 Å². The number of allylic oxidation sites excluding steroid dienone is 3. The Morgan fingerprint density at radius 3 is 2.19 bits per heavy atom. The van der Waals surface area contributed by atoms with Crippen LogP contribution in [0, 0.1) is 23.2 Å². The van der Waals surface area contributed by atoms with Gasteiger partial charge in [-0.05, 0) is 113 Å². The van der Waals surface area contributed by atoms with Gasteiger partial charge < -0.3 is 20.4 Å². The Kier molecular flexibility index (Phi) is 9.74. The molecule has 0 saturated heterocycles. The fraction of sp³-hybridized carbons (Fsp3) is 0.812. The minimum atomic E-state index is -0.639. The van der Waals surface area contributed by atoms with E-state index >= 15 is 0 Å². The van der Waals surface area contributed by atoms with Gasteiger partial charge in [0.25, 0.3) is 0 Å². The number of aliphatic hydroxyl groups is 4. The van der Waals surface area contributed by atoms with Gasteiger partial charge >= 0.3 is 0 Å². The molecule has 3 saturated carbocycles. The van der Waals surface area contributed by atoms with Gasteiger partial charge in [-0.15, -0.1) is 0 Å². The number of hydrogen-bond acceptors (Lipinski definition) is 4. The molecule has 0 amide bonds. The van der Waals surface area contributed by atoms with Crippen molar-refractivity contribution < 1.29 is 20.4 Å². The lowest BCUT2D eigenvalue weighted by Gasteiger charge is -2.45. The molecule has 4 heteroatoms. The van der Waals surface area contributed by atoms with E-state index in [0.717, 1.165) is 56.1 Å². The third kappa shape index (κ3) is 7.79. The van der Waals surface area contributed by atoms with Gasteiger partial charge in [0.05, 0.1) is 23.4 Å². The molecule has 36 heavy (non-hydrogen) atoms. The van der Waals surface area contributed by atoms with Gasteiger partial charge in [-0.2, -0.15) is 0 Å². The van der Waals surface area contributed by atoms with Crippen LogP contribution in [-0.4, -0.2) is 43.8 Å². The van der Waals surface area contributed by atoms with E-state index in [9.17, 15) is 20.4 Å². The van der Waals surface area contributed by atoms with E-state index in [0.29, 0.717) is 36.0 Å². The second kappa shape index (κ2) is 11.8. The predicted molar refractivity (Wildman–Crippen MR) is 149 cm³/mol. The minimum absolute atomic E-state index is 0.291. The normalized spacial score (nSPS) is 34.1. The molecule has 0 bridgehead atoms. The van der Waals surface area contributed by atoms with E-state index < -0.39 is 23.4 Å². The maximum Gasteiger partial charge on any atom is 0.0811 e. The molecule has 4 N–H and O–H groups in total. The van der Waals surface area contributed by atoms with Gasteiger partial charge in [-0.25, -0.2) is 0 Å². The lowest BCUT2D eigenvalue weighted by atomic mass is 9.60. The molecule has 0 aromatic heterocycles. The van der Waals surface area contributed by atoms with Gasteiger partial charge in [0.1, 0.15) is 0 Å². The quantitative estimate of drug-likeness (QED) is 0.270. The Hall–Kier alpha value is -0.940. The van der Waals surface area contributed by atoms with Crippen LogP contribution in [0.15, 0.2) is 35.5 Å². The summed E-state index contributed by atoms with van der Waals surface area (Å²) in [7, 11) is 0. The van der Waals surface area contributed by atoms with Crippen molar-refractivity contribution in [2.75, 3.05) is 0 Å². The molecular formula is C32H54O4. The average molecular weight is 503 g/mol. The monoisotopic (exact) mass is 502 g/mol. The van der Waals surface area contributed by atoms with Crippen molar-refractivity contribution in [2.45, 2.75) is 141 Å². The van der Waals surface area contributed by atoms with Crippen LogP contribution in [0.2, 0.25) is 0 Å². The second-order valence-electron chi connectivity index (χ2n) is 13.8. The van der Waals surface area contributed by atoms with Crippen LogP contribution in [0.3, 0.4) is 0 Å². The molecule has 3 aliphatic carbocycles. The first-order valence-corrected chi connectivity index (χ1v) is 14.6. The van der Waals surface area contributed by atoms with Crippen LogP contribution in [0.5, 0.6) is 0 Å². The molecule has 3 fully saturated rings. The molecule has 4 nitrogen and oxygen atoms in total. The van der Waals surface area contributed by atoms with Crippen LogP contribution < -0.4 is 0 Å². The van der Waals surface area contributed by atoms with E-state index in [1.54, 1.807) is 0 Å². The summed E-state index contributed by atoms with van der Waals surface area (Å²) in [5.41, 5.74) is 2.36. The zero-order chi connectivity index (χ0) is 26.7. The number of hydrogen-bond donors (Lipinski definition) is 4. The molecule has 3 aliphatic rings. The van der Waals surface area contributed by atoms with E-state index in [4.69, 9.17) is 0 Å². The lowest BCUT2D eigenvalue weighted by molar-refractivity contribution is 0.0480. The molecule has 0 aromatic carbocycles. The molecule has 0 radical (unpaired) electrons. The first kappa shape index (κ1) is 29.6. The summed E-state index contributed by atoms with van der Waals surface area (Å²) >= 11 is 0. The summed E-state index contributed by atoms with van der Waals surface area (Å²) in [4.78, 5) is 0. The van der Waals surface area contributed by atoms with Crippen molar-refractivity contribution in [3.05, 3.63) is 35.5 Å². The molecule has 0 heterocycles. The van der Waals surface area contributed by atoms with Crippen LogP contribution in [0.25, 0.3) is 0 Å². The third-order valence-corrected chi connectivity index (χ3v) is 9.60. The first-order valence-electron chi connectivity index (χ1n) is 14.6. The number of aliphatic hydroxyl groups excluding tert-OH is 2. The predicted octanol–water partition coefficient (Wildman–Crippen LogP) is 6.63. The fourth-order valence-corrected chi connectivity index (χ4v) is 7.66. The first-order chi connectivity index (χ1) is 16.7. The highest BCUT2D eigenvalue weighted by Crippen LogP contribution is 2.60. The molecule has 2 unspecified atom stereocenters. The summed E-state index contributed by atoms with van der Waals surface area (Å²) in [6.45, 7) is 14.3. The summed E-state index contributed by atoms with van der Waals surface area (Å²) in [5.74, 6) is 1.90. The molecule has 0 aliphatic heterocycles. The van der Waals surface area contributed by atoms with Gasteiger partial charge in [0, 0.05) is 6.42 Å². The average Bonchev–Trinajstić information content (AvgIpc) is 3.10. The van der Waals surface area contributed by atoms with Crippen molar-refractivity contribution in [1.29, 1.82) is 0 Å². The van der Waals surface area contributed by atoms with Gasteiger partial charge in [-0.1, -0.05) is 56.9 Å². The summed E-state index contributed by atoms with van der Waals surface area (Å²) in [6, 6.07) is 0. The SMILES string of the molecule is C=C1/C(=C/C=C2\CCC[C@@]3(C)C2CCC3C(CCCC(C)(C)O)CCCC(C)(C)O)C[C@@H](O)C[C@@H]1O. The number of rotatable bonds is 10. The van der Waals surface area contributed by atoms with Crippen LogP contribution in [0.4, 0.5) is 0 Å². The maximum absolute atomic E-state index is 10.3. The molecule has 0 aromatic rings. The lowest BCUT2D eigenvalue weighted by Crippen LogP contribution is -2.37. The maximum atomic E-state index is 10.3. The molecular weight excluding hydrogens is 448 g/mol. The Bertz CT molecular complexity index is 791. The molecule has 5 atom stereocenters. The van der Waals surface area contributed by atoms with Crippen molar-refractivity contribution in [3.8, 4) is 0 Å². The van der Waals surface area contributed by atoms with E-state index in [1.165, 1.54) is 31.3 Å². The van der Waals surface area contributed by atoms with Gasteiger partial charge in [0.2, 0.25) is 0 Å². The second-order valence-corrected chi connectivity index (χ2v) is 13.8. The van der Waals surface area contributed by atoms with Crippen LogP contribution in [-0.2, 0) is 0 Å². The Labute approximate surface area is 220 Å². The summed E-state index contributed by atoms with van der Waals surface area (Å²) in [5, 5.41) is 40.9. The highest BCUT2D eigenvalue weighted by Gasteiger charge is 2.51. The molecule has 206 valence electrons. The van der Waals surface area contributed by atoms with Crippen molar-refractivity contribution in [2.24, 2.45) is 23.2 Å². The van der Waals surface area contributed by atoms with Gasteiger partial charge in [-0.3, -0.25) is 0 Å². The van der Waals surface area contributed by atoms with Crippen molar-refractivity contribution in [3.63, 3.8) is 0 Å². The van der Waals surface area contributed by atoms with E-state index in [2.05, 4.69) is 25.7 Å². The smallest absolute Gasteiger partial charge is 0.0811 e. The largest absolute Gasteiger partial charge is 0.393 e. The van der Waals surface area contributed by atoms with E-state index in [1.807, 2.05) is 27.7 Å². The third-order valence-electron chi connectivity index (χ3n) is 9.60. The molecule has 0 spiro atoms. The van der Waals surface area contributed by atoms with Crippen molar-refractivity contribution in [1.82, 2.24) is 0 Å².